The van der Waals surface area contributed by atoms with Crippen LogP contribution in [0.15, 0.2) is 17.0 Å². The number of anilines is 1. The minimum absolute atomic E-state index is 0.101. The summed E-state index contributed by atoms with van der Waals surface area (Å²) in [5, 5.41) is 16.7. The van der Waals surface area contributed by atoms with Crippen LogP contribution < -0.4 is 10.5 Å². The number of halogens is 1. The average molecular weight is 293 g/mol. The van der Waals surface area contributed by atoms with Gasteiger partial charge in [-0.1, -0.05) is 18.5 Å². The van der Waals surface area contributed by atoms with Crippen molar-refractivity contribution in [3.63, 3.8) is 0 Å². The highest BCUT2D eigenvalue weighted by Gasteiger charge is 2.19. The van der Waals surface area contributed by atoms with Crippen molar-refractivity contribution in [2.75, 3.05) is 11.9 Å². The molecule has 0 aliphatic rings. The molecule has 0 unspecified atom stereocenters. The number of carboxylic acid groups (broad SMARTS) is 1. The summed E-state index contributed by atoms with van der Waals surface area (Å²) in [6.45, 7) is 2.44. The molecule has 0 atom stereocenters. The van der Waals surface area contributed by atoms with E-state index < -0.39 is 20.9 Å². The summed E-state index contributed by atoms with van der Waals surface area (Å²) >= 11 is 5.89. The van der Waals surface area contributed by atoms with Crippen molar-refractivity contribution < 1.29 is 18.3 Å². The van der Waals surface area contributed by atoms with E-state index >= 15 is 0 Å². The van der Waals surface area contributed by atoms with Crippen molar-refractivity contribution in [1.29, 1.82) is 0 Å². The van der Waals surface area contributed by atoms with Gasteiger partial charge in [0.2, 0.25) is 10.0 Å². The van der Waals surface area contributed by atoms with Crippen LogP contribution in [0.5, 0.6) is 0 Å². The summed E-state index contributed by atoms with van der Waals surface area (Å²) in [5.74, 6) is -1.25. The molecule has 6 nitrogen and oxygen atoms in total. The zero-order chi connectivity index (χ0) is 13.9. The van der Waals surface area contributed by atoms with Crippen LogP contribution >= 0.6 is 11.6 Å². The highest BCUT2D eigenvalue weighted by Crippen LogP contribution is 2.30. The Hall–Kier alpha value is -1.31. The third-order valence-corrected chi connectivity index (χ3v) is 3.61. The largest absolute Gasteiger partial charge is 0.478 e. The highest BCUT2D eigenvalue weighted by molar-refractivity contribution is 7.89. The van der Waals surface area contributed by atoms with Gasteiger partial charge < -0.3 is 10.4 Å². The van der Waals surface area contributed by atoms with Gasteiger partial charge >= 0.3 is 5.97 Å². The Labute approximate surface area is 110 Å². The molecule has 1 rings (SSSR count). The number of sulfonamides is 1. The fraction of sp³-hybridized carbons (Fsp3) is 0.300. The van der Waals surface area contributed by atoms with Crippen LogP contribution in [0.3, 0.4) is 0 Å². The van der Waals surface area contributed by atoms with Gasteiger partial charge in [0, 0.05) is 6.54 Å². The molecule has 0 heterocycles. The van der Waals surface area contributed by atoms with Gasteiger partial charge in [-0.05, 0) is 18.6 Å². The van der Waals surface area contributed by atoms with E-state index in [0.717, 1.165) is 12.5 Å². The second-order valence-corrected chi connectivity index (χ2v) is 5.52. The molecule has 100 valence electrons. The monoisotopic (exact) mass is 292 g/mol. The molecule has 0 fully saturated rings. The SMILES string of the molecule is CCCNc1cc(C(=O)O)cc(S(N)(=O)=O)c1Cl. The minimum Gasteiger partial charge on any atom is -0.478 e. The van der Waals surface area contributed by atoms with Crippen LogP contribution in [0.1, 0.15) is 23.7 Å². The number of carbonyl (C=O) groups is 1. The smallest absolute Gasteiger partial charge is 0.335 e. The molecule has 8 heteroatoms. The Morgan fingerprint density at radius 2 is 2.11 bits per heavy atom. The topological polar surface area (TPSA) is 109 Å². The maximum Gasteiger partial charge on any atom is 0.335 e. The molecule has 0 aromatic heterocycles. The first-order chi connectivity index (χ1) is 8.27. The van der Waals surface area contributed by atoms with Gasteiger partial charge in [-0.2, -0.15) is 0 Å². The van der Waals surface area contributed by atoms with Gasteiger partial charge in [0.15, 0.2) is 0 Å². The summed E-state index contributed by atoms with van der Waals surface area (Å²) in [7, 11) is -4.07. The van der Waals surface area contributed by atoms with E-state index in [1.165, 1.54) is 6.07 Å². The van der Waals surface area contributed by atoms with Gasteiger partial charge in [0.25, 0.3) is 0 Å². The lowest BCUT2D eigenvalue weighted by Gasteiger charge is -2.11. The maximum atomic E-state index is 11.3. The van der Waals surface area contributed by atoms with E-state index in [2.05, 4.69) is 5.32 Å². The number of primary sulfonamides is 1. The standard InChI is InChI=1S/C10H13ClN2O4S/c1-2-3-13-7-4-6(10(14)15)5-8(9(7)11)18(12,16)17/h4-5,13H,2-3H2,1H3,(H,14,15)(H2,12,16,17). The third kappa shape index (κ3) is 3.34. The van der Waals surface area contributed by atoms with Gasteiger partial charge in [-0.3, -0.25) is 0 Å². The van der Waals surface area contributed by atoms with Gasteiger partial charge in [-0.15, -0.1) is 0 Å². The first kappa shape index (κ1) is 14.7. The van der Waals surface area contributed by atoms with Crippen molar-refractivity contribution in [2.45, 2.75) is 18.2 Å². The van der Waals surface area contributed by atoms with Gasteiger partial charge in [0.1, 0.15) is 4.90 Å². The summed E-state index contributed by atoms with van der Waals surface area (Å²) in [4.78, 5) is 10.5. The lowest BCUT2D eigenvalue weighted by molar-refractivity contribution is 0.0696. The highest BCUT2D eigenvalue weighted by atomic mass is 35.5. The second-order valence-electron chi connectivity index (χ2n) is 3.61. The van der Waals surface area contributed by atoms with Crippen LogP contribution in [0.4, 0.5) is 5.69 Å². The van der Waals surface area contributed by atoms with Crippen molar-refractivity contribution in [3.05, 3.63) is 22.7 Å². The van der Waals surface area contributed by atoms with E-state index in [0.29, 0.717) is 6.54 Å². The molecule has 0 amide bonds. The van der Waals surface area contributed by atoms with Crippen LogP contribution in [0.25, 0.3) is 0 Å². The molecule has 0 saturated carbocycles. The second kappa shape index (κ2) is 5.55. The van der Waals surface area contributed by atoms with Crippen molar-refractivity contribution in [1.82, 2.24) is 0 Å². The van der Waals surface area contributed by atoms with Crippen LogP contribution in [-0.2, 0) is 10.0 Å². The molecular formula is C10H13ClN2O4S. The first-order valence-corrected chi connectivity index (χ1v) is 7.03. The Bertz CT molecular complexity index is 571. The predicted molar refractivity (Wildman–Crippen MR) is 68.6 cm³/mol. The molecule has 1 aromatic rings. The summed E-state index contributed by atoms with van der Waals surface area (Å²) < 4.78 is 22.7. The van der Waals surface area contributed by atoms with E-state index in [-0.39, 0.29) is 16.3 Å². The Morgan fingerprint density at radius 3 is 2.56 bits per heavy atom. The molecule has 0 radical (unpaired) electrons. The first-order valence-electron chi connectivity index (χ1n) is 5.11. The number of aromatic carboxylic acids is 1. The van der Waals surface area contributed by atoms with Crippen LogP contribution in [0, 0.1) is 0 Å². The van der Waals surface area contributed by atoms with Gasteiger partial charge in [0.05, 0.1) is 16.3 Å². The number of hydrogen-bond donors (Lipinski definition) is 3. The minimum atomic E-state index is -4.07. The van der Waals surface area contributed by atoms with E-state index in [4.69, 9.17) is 21.8 Å². The third-order valence-electron chi connectivity index (χ3n) is 2.16. The summed E-state index contributed by atoms with van der Waals surface area (Å²) in [6.07, 6.45) is 0.776. The summed E-state index contributed by atoms with van der Waals surface area (Å²) in [5.41, 5.74) is 0.0458. The molecule has 0 saturated heterocycles. The molecule has 0 aliphatic heterocycles. The van der Waals surface area contributed by atoms with E-state index in [9.17, 15) is 13.2 Å². The predicted octanol–water partition coefficient (Wildman–Crippen LogP) is 1.51. The Kier molecular flexibility index (Phi) is 4.55. The normalized spacial score (nSPS) is 11.3. The number of hydrogen-bond acceptors (Lipinski definition) is 4. The van der Waals surface area contributed by atoms with E-state index in [1.54, 1.807) is 0 Å². The van der Waals surface area contributed by atoms with Crippen molar-refractivity contribution in [3.8, 4) is 0 Å². The zero-order valence-electron chi connectivity index (χ0n) is 9.60. The zero-order valence-corrected chi connectivity index (χ0v) is 11.2. The molecule has 0 aliphatic carbocycles. The fourth-order valence-electron chi connectivity index (χ4n) is 1.32. The number of carboxylic acids is 1. The van der Waals surface area contributed by atoms with Crippen LogP contribution in [-0.4, -0.2) is 26.0 Å². The Morgan fingerprint density at radius 1 is 1.50 bits per heavy atom. The number of nitrogens with one attached hydrogen (secondary N) is 1. The van der Waals surface area contributed by atoms with Crippen LogP contribution in [0.2, 0.25) is 5.02 Å². The molecule has 4 N–H and O–H groups in total. The van der Waals surface area contributed by atoms with Crippen molar-refractivity contribution >= 4 is 33.3 Å². The fourth-order valence-corrected chi connectivity index (χ4v) is 2.47. The molecule has 0 bridgehead atoms. The quantitative estimate of drug-likeness (QED) is 0.762. The molecule has 0 spiro atoms. The Balaban J connectivity index is 3.43. The number of nitrogens with two attached hydrogens (primary N) is 1. The summed E-state index contributed by atoms with van der Waals surface area (Å²) in [6, 6.07) is 2.21. The van der Waals surface area contributed by atoms with E-state index in [1.807, 2.05) is 6.92 Å². The molecule has 1 aromatic carbocycles. The van der Waals surface area contributed by atoms with Gasteiger partial charge in [-0.25, -0.2) is 18.4 Å². The average Bonchev–Trinajstić information content (AvgIpc) is 2.25. The lowest BCUT2D eigenvalue weighted by Crippen LogP contribution is -2.15. The number of benzene rings is 1. The maximum absolute atomic E-state index is 11.3. The molecular weight excluding hydrogens is 280 g/mol. The van der Waals surface area contributed by atoms with Crippen molar-refractivity contribution in [2.24, 2.45) is 5.14 Å². The number of rotatable bonds is 5. The lowest BCUT2D eigenvalue weighted by atomic mass is 10.2. The molecule has 18 heavy (non-hydrogen) atoms.